The van der Waals surface area contributed by atoms with Crippen LogP contribution in [0.2, 0.25) is 5.02 Å². The average molecular weight is 331 g/mol. The van der Waals surface area contributed by atoms with Crippen molar-refractivity contribution in [3.63, 3.8) is 0 Å². The monoisotopic (exact) mass is 330 g/mol. The Labute approximate surface area is 141 Å². The zero-order valence-corrected chi connectivity index (χ0v) is 13.7. The summed E-state index contributed by atoms with van der Waals surface area (Å²) in [6.07, 6.45) is 0. The second kappa shape index (κ2) is 8.25. The Balaban J connectivity index is 1.82. The summed E-state index contributed by atoms with van der Waals surface area (Å²) < 4.78 is 5.52. The van der Waals surface area contributed by atoms with Gasteiger partial charge in [-0.3, -0.25) is 4.79 Å². The second-order valence-electron chi connectivity index (χ2n) is 5.15. The smallest absolute Gasteiger partial charge is 0.243 e. The highest BCUT2D eigenvalue weighted by Gasteiger charge is 2.05. The summed E-state index contributed by atoms with van der Waals surface area (Å²) in [5.41, 5.74) is 2.40. The highest BCUT2D eigenvalue weighted by Crippen LogP contribution is 2.20. The normalized spacial score (nSPS) is 10.0. The largest absolute Gasteiger partial charge is 0.489 e. The van der Waals surface area contributed by atoms with Gasteiger partial charge in [-0.2, -0.15) is 0 Å². The number of amides is 1. The van der Waals surface area contributed by atoms with Gasteiger partial charge >= 0.3 is 0 Å². The lowest BCUT2D eigenvalue weighted by molar-refractivity contribution is -0.114. The minimum absolute atomic E-state index is 0.150. The van der Waals surface area contributed by atoms with Crippen LogP contribution in [0.1, 0.15) is 6.92 Å². The molecule has 4 nitrogen and oxygen atoms in total. The first-order valence-electron chi connectivity index (χ1n) is 7.20. The Morgan fingerprint density at radius 1 is 1.17 bits per heavy atom. The predicted molar refractivity (Wildman–Crippen MR) is 95.3 cm³/mol. The van der Waals surface area contributed by atoms with Gasteiger partial charge in [0, 0.05) is 5.69 Å². The van der Waals surface area contributed by atoms with Crippen LogP contribution >= 0.6 is 11.6 Å². The molecule has 5 heteroatoms. The number of hydrogen-bond donors (Lipinski definition) is 2. The van der Waals surface area contributed by atoms with E-state index in [1.807, 2.05) is 43.3 Å². The molecule has 0 bridgehead atoms. The summed E-state index contributed by atoms with van der Waals surface area (Å²) in [4.78, 5) is 11.9. The molecule has 0 aromatic heterocycles. The highest BCUT2D eigenvalue weighted by molar-refractivity contribution is 6.33. The molecule has 2 aromatic rings. The van der Waals surface area contributed by atoms with Crippen molar-refractivity contribution in [1.82, 2.24) is 0 Å². The minimum Gasteiger partial charge on any atom is -0.489 e. The average Bonchev–Trinajstić information content (AvgIpc) is 2.54. The lowest BCUT2D eigenvalue weighted by atomic mass is 10.3. The van der Waals surface area contributed by atoms with Gasteiger partial charge in [-0.25, -0.2) is 0 Å². The van der Waals surface area contributed by atoms with Crippen LogP contribution in [0, 0.1) is 0 Å². The minimum atomic E-state index is -0.166. The van der Waals surface area contributed by atoms with Crippen LogP contribution in [0.25, 0.3) is 0 Å². The van der Waals surface area contributed by atoms with Crippen molar-refractivity contribution in [2.45, 2.75) is 6.92 Å². The van der Waals surface area contributed by atoms with E-state index in [1.165, 1.54) is 0 Å². The number of carbonyl (C=O) groups is 1. The van der Waals surface area contributed by atoms with E-state index in [0.29, 0.717) is 17.3 Å². The van der Waals surface area contributed by atoms with Crippen molar-refractivity contribution in [3.8, 4) is 5.75 Å². The molecular weight excluding hydrogens is 312 g/mol. The van der Waals surface area contributed by atoms with Crippen LogP contribution in [0.4, 0.5) is 11.4 Å². The molecule has 0 aliphatic carbocycles. The third-order valence-corrected chi connectivity index (χ3v) is 3.27. The highest BCUT2D eigenvalue weighted by atomic mass is 35.5. The number of para-hydroxylation sites is 1. The van der Waals surface area contributed by atoms with Crippen LogP contribution in [0.3, 0.4) is 0 Å². The molecule has 1 amide bonds. The molecule has 0 saturated carbocycles. The van der Waals surface area contributed by atoms with Crippen molar-refractivity contribution in [3.05, 3.63) is 65.7 Å². The van der Waals surface area contributed by atoms with Crippen LogP contribution in [0.5, 0.6) is 5.75 Å². The molecule has 120 valence electrons. The number of nitrogens with one attached hydrogen (secondary N) is 2. The molecule has 2 aromatic carbocycles. The molecule has 23 heavy (non-hydrogen) atoms. The summed E-state index contributed by atoms with van der Waals surface area (Å²) >= 11 is 6.00. The Bertz CT molecular complexity index is 684. The lowest BCUT2D eigenvalue weighted by Gasteiger charge is -2.10. The molecule has 0 radical (unpaired) electrons. The van der Waals surface area contributed by atoms with Gasteiger partial charge in [0.2, 0.25) is 5.91 Å². The summed E-state index contributed by atoms with van der Waals surface area (Å²) in [6, 6.07) is 14.5. The molecular formula is C18H19ClN2O2. The number of halogens is 1. The number of rotatable bonds is 7. The molecule has 0 unspecified atom stereocenters. The number of hydrogen-bond acceptors (Lipinski definition) is 3. The van der Waals surface area contributed by atoms with E-state index in [1.54, 1.807) is 12.1 Å². The molecule has 0 heterocycles. The molecule has 2 rings (SSSR count). The maximum absolute atomic E-state index is 11.9. The number of anilines is 2. The van der Waals surface area contributed by atoms with Gasteiger partial charge in [-0.1, -0.05) is 30.3 Å². The molecule has 2 N–H and O–H groups in total. The third-order valence-electron chi connectivity index (χ3n) is 2.94. The quantitative estimate of drug-likeness (QED) is 0.742. The molecule has 0 atom stereocenters. The Kier molecular flexibility index (Phi) is 6.06. The number of benzene rings is 2. The summed E-state index contributed by atoms with van der Waals surface area (Å²) in [6.45, 7) is 6.34. The Morgan fingerprint density at radius 3 is 2.52 bits per heavy atom. The van der Waals surface area contributed by atoms with Crippen molar-refractivity contribution < 1.29 is 9.53 Å². The van der Waals surface area contributed by atoms with Gasteiger partial charge < -0.3 is 15.4 Å². The van der Waals surface area contributed by atoms with Gasteiger partial charge in [0.25, 0.3) is 0 Å². The first-order valence-corrected chi connectivity index (χ1v) is 7.58. The summed E-state index contributed by atoms with van der Waals surface area (Å²) in [7, 11) is 0. The van der Waals surface area contributed by atoms with Crippen molar-refractivity contribution in [1.29, 1.82) is 0 Å². The van der Waals surface area contributed by atoms with Gasteiger partial charge in [0.15, 0.2) is 0 Å². The lowest BCUT2D eigenvalue weighted by Crippen LogP contribution is -2.21. The van der Waals surface area contributed by atoms with Gasteiger partial charge in [0.05, 0.1) is 17.3 Å². The summed E-state index contributed by atoms with van der Waals surface area (Å²) in [5.74, 6) is 0.597. The maximum atomic E-state index is 11.9. The summed E-state index contributed by atoms with van der Waals surface area (Å²) in [5, 5.41) is 6.32. The van der Waals surface area contributed by atoms with Crippen molar-refractivity contribution in [2.24, 2.45) is 0 Å². The van der Waals surface area contributed by atoms with Crippen LogP contribution < -0.4 is 15.4 Å². The predicted octanol–water partition coefficient (Wildman–Crippen LogP) is 4.35. The maximum Gasteiger partial charge on any atom is 0.243 e. The first-order chi connectivity index (χ1) is 11.0. The molecule has 0 spiro atoms. The standard InChI is InChI=1S/C18H19ClN2O2/c1-13(2)12-23-15-9-7-14(8-10-15)20-11-18(22)21-17-6-4-3-5-16(17)19/h3-10,20H,1,11-12H2,2H3,(H,21,22). The molecule has 0 aliphatic heterocycles. The van der Waals surface area contributed by atoms with E-state index in [4.69, 9.17) is 16.3 Å². The van der Waals surface area contributed by atoms with E-state index < -0.39 is 0 Å². The van der Waals surface area contributed by atoms with Gasteiger partial charge in [-0.15, -0.1) is 0 Å². The van der Waals surface area contributed by atoms with Gasteiger partial charge in [0.1, 0.15) is 12.4 Å². The second-order valence-corrected chi connectivity index (χ2v) is 5.56. The van der Waals surface area contributed by atoms with Crippen LogP contribution in [0.15, 0.2) is 60.7 Å². The van der Waals surface area contributed by atoms with E-state index in [9.17, 15) is 4.79 Å². The molecule has 0 saturated heterocycles. The van der Waals surface area contributed by atoms with Crippen molar-refractivity contribution >= 4 is 28.9 Å². The van der Waals surface area contributed by atoms with E-state index in [0.717, 1.165) is 17.0 Å². The van der Waals surface area contributed by atoms with Crippen LogP contribution in [-0.4, -0.2) is 19.1 Å². The Morgan fingerprint density at radius 2 is 1.87 bits per heavy atom. The van der Waals surface area contributed by atoms with E-state index in [-0.39, 0.29) is 12.5 Å². The topological polar surface area (TPSA) is 50.4 Å². The number of ether oxygens (including phenoxy) is 1. The fraction of sp³-hybridized carbons (Fsp3) is 0.167. The zero-order valence-electron chi connectivity index (χ0n) is 12.9. The van der Waals surface area contributed by atoms with Crippen LogP contribution in [-0.2, 0) is 4.79 Å². The van der Waals surface area contributed by atoms with Crippen molar-refractivity contribution in [2.75, 3.05) is 23.8 Å². The zero-order chi connectivity index (χ0) is 16.7. The SMILES string of the molecule is C=C(C)COc1ccc(NCC(=O)Nc2ccccc2Cl)cc1. The molecule has 0 fully saturated rings. The first kappa shape index (κ1) is 16.9. The Hall–Kier alpha value is -2.46. The molecule has 0 aliphatic rings. The third kappa shape index (κ3) is 5.68. The van der Waals surface area contributed by atoms with E-state index >= 15 is 0 Å². The van der Waals surface area contributed by atoms with E-state index in [2.05, 4.69) is 17.2 Å². The fourth-order valence-corrected chi connectivity index (χ4v) is 2.00. The van der Waals surface area contributed by atoms with Gasteiger partial charge in [-0.05, 0) is 48.9 Å². The fourth-order valence-electron chi connectivity index (χ4n) is 1.81. The number of carbonyl (C=O) groups excluding carboxylic acids is 1.